The van der Waals surface area contributed by atoms with Crippen LogP contribution in [-0.4, -0.2) is 281 Å². The van der Waals surface area contributed by atoms with Gasteiger partial charge in [-0.1, -0.05) is 49.6 Å². The lowest BCUT2D eigenvalue weighted by molar-refractivity contribution is 0.0177. The number of ether oxygens (including phenoxy) is 24. The first-order valence-electron chi connectivity index (χ1n) is 31.2. The quantitative estimate of drug-likeness (QED) is 0.0391. The maximum Gasteiger partial charge on any atom is 0.127 e. The van der Waals surface area contributed by atoms with E-state index in [-0.39, 0.29) is 52.9 Å². The van der Waals surface area contributed by atoms with E-state index in [2.05, 4.69) is 13.2 Å². The zero-order valence-electron chi connectivity index (χ0n) is 55.6. The molecule has 0 aromatic heterocycles. The fraction of sp³-hybridized carbons (Fsp3) is 0.618. The summed E-state index contributed by atoms with van der Waals surface area (Å²) in [5.41, 5.74) is 4.19. The lowest BCUT2D eigenvalue weighted by atomic mass is 10.0. The molecule has 0 atom stereocenters. The Kier molecular flexibility index (Phi) is 51.3. The molecular formula is C68H106O24. The third-order valence-electron chi connectivity index (χ3n) is 12.5. The van der Waals surface area contributed by atoms with E-state index in [4.69, 9.17) is 114 Å². The number of benzene rings is 3. The molecule has 24 nitrogen and oxygen atoms in total. The highest BCUT2D eigenvalue weighted by molar-refractivity contribution is 5.82. The van der Waals surface area contributed by atoms with Crippen molar-refractivity contribution in [3.8, 4) is 34.5 Å². The molecule has 0 aliphatic rings. The van der Waals surface area contributed by atoms with Crippen molar-refractivity contribution >= 4 is 36.5 Å². The van der Waals surface area contributed by atoms with Crippen LogP contribution in [0.2, 0.25) is 0 Å². The molecule has 522 valence electrons. The highest BCUT2D eigenvalue weighted by Gasteiger charge is 2.16. The molecule has 0 saturated carbocycles. The van der Waals surface area contributed by atoms with Crippen molar-refractivity contribution in [3.05, 3.63) is 82.9 Å². The van der Waals surface area contributed by atoms with E-state index in [9.17, 15) is 0 Å². The molecule has 3 rings (SSSR count). The molecule has 3 aromatic rings. The molecule has 0 amide bonds. The largest absolute Gasteiger partial charge is 0.491 e. The van der Waals surface area contributed by atoms with E-state index < -0.39 is 0 Å². The average Bonchev–Trinajstić information content (AvgIpc) is 0.930. The van der Waals surface area contributed by atoms with Crippen LogP contribution in [0.1, 0.15) is 33.4 Å². The second kappa shape index (κ2) is 58.3. The zero-order chi connectivity index (χ0) is 65.8. The van der Waals surface area contributed by atoms with Crippen molar-refractivity contribution in [1.29, 1.82) is 0 Å². The van der Waals surface area contributed by atoms with Crippen molar-refractivity contribution in [3.63, 3.8) is 0 Å². The third kappa shape index (κ3) is 39.4. The molecule has 0 aliphatic heterocycles. The number of hydrogen-bond donors (Lipinski definition) is 0. The Bertz CT molecular complexity index is 2180. The highest BCUT2D eigenvalue weighted by atomic mass is 16.6. The van der Waals surface area contributed by atoms with Gasteiger partial charge in [0, 0.05) is 76.0 Å². The fourth-order valence-corrected chi connectivity index (χ4v) is 7.77. The topological polar surface area (TPSA) is 222 Å². The molecule has 92 heavy (non-hydrogen) atoms. The van der Waals surface area contributed by atoms with Gasteiger partial charge in [0.05, 0.1) is 198 Å². The molecule has 0 aliphatic carbocycles. The summed E-state index contributed by atoms with van der Waals surface area (Å²) < 4.78 is 138. The van der Waals surface area contributed by atoms with Crippen LogP contribution in [0, 0.1) is 0 Å². The van der Waals surface area contributed by atoms with Gasteiger partial charge in [-0.3, -0.25) is 0 Å². The van der Waals surface area contributed by atoms with Crippen molar-refractivity contribution in [1.82, 2.24) is 0 Å². The lowest BCUT2D eigenvalue weighted by Crippen LogP contribution is -2.13. The lowest BCUT2D eigenvalue weighted by Gasteiger charge is -2.17. The molecule has 0 saturated heterocycles. The van der Waals surface area contributed by atoms with Crippen LogP contribution in [0.25, 0.3) is 36.5 Å². The maximum absolute atomic E-state index is 6.62. The standard InChI is InChI=1S/C68H106O24/c1-9-57-51-65(89-47-41-83-35-29-77-23-17-71-5)59(53-63(57)87-45-39-81-33-27-75-21-15-69-3)11-13-61-55-68(92-50-44-86-38-32-80-26-20-74-8)62(56-67(61)91-49-43-85-37-31-79-25-19-73-7)14-12-60-54-64(88-46-40-82-34-28-76-22-16-70-4)58(10-2)52-66(60)90-48-42-84-36-30-78-24-18-72-6/h9-14,51-56H,1-2,15-50H2,3-8H3/b13-11+,14-12+. The van der Waals surface area contributed by atoms with Gasteiger partial charge in [0.1, 0.15) is 74.1 Å². The summed E-state index contributed by atoms with van der Waals surface area (Å²) in [4.78, 5) is 0. The van der Waals surface area contributed by atoms with E-state index in [1.54, 1.807) is 54.8 Å². The van der Waals surface area contributed by atoms with Crippen LogP contribution < -0.4 is 28.4 Å². The fourth-order valence-electron chi connectivity index (χ4n) is 7.77. The van der Waals surface area contributed by atoms with Crippen molar-refractivity contribution < 1.29 is 114 Å². The normalized spacial score (nSPS) is 11.5. The molecule has 0 bridgehead atoms. The van der Waals surface area contributed by atoms with Gasteiger partial charge in [0.15, 0.2) is 0 Å². The van der Waals surface area contributed by atoms with E-state index in [1.807, 2.05) is 60.7 Å². The minimum absolute atomic E-state index is 0.204. The first-order valence-corrected chi connectivity index (χ1v) is 31.2. The summed E-state index contributed by atoms with van der Waals surface area (Å²) in [6.45, 7) is 22.2. The van der Waals surface area contributed by atoms with Gasteiger partial charge in [-0.2, -0.15) is 0 Å². The summed E-state index contributed by atoms with van der Waals surface area (Å²) >= 11 is 0. The summed E-state index contributed by atoms with van der Waals surface area (Å²) in [5.74, 6) is 3.33. The van der Waals surface area contributed by atoms with E-state index >= 15 is 0 Å². The van der Waals surface area contributed by atoms with Gasteiger partial charge in [-0.25, -0.2) is 0 Å². The summed E-state index contributed by atoms with van der Waals surface area (Å²) in [6, 6.07) is 11.4. The first-order chi connectivity index (χ1) is 45.5. The van der Waals surface area contributed by atoms with Crippen LogP contribution in [0.15, 0.2) is 49.6 Å². The summed E-state index contributed by atoms with van der Waals surface area (Å²) in [7, 11) is 9.79. The van der Waals surface area contributed by atoms with Gasteiger partial charge in [0.2, 0.25) is 0 Å². The molecule has 3 aromatic carbocycles. The van der Waals surface area contributed by atoms with Crippen LogP contribution in [0.5, 0.6) is 34.5 Å². The molecule has 0 N–H and O–H groups in total. The summed E-state index contributed by atoms with van der Waals surface area (Å²) in [6.07, 6.45) is 11.2. The summed E-state index contributed by atoms with van der Waals surface area (Å²) in [5, 5.41) is 0. The Morgan fingerprint density at radius 2 is 0.326 bits per heavy atom. The van der Waals surface area contributed by atoms with Gasteiger partial charge < -0.3 is 114 Å². The second-order valence-corrected chi connectivity index (χ2v) is 19.3. The molecule has 0 unspecified atom stereocenters. The molecule has 24 heteroatoms. The van der Waals surface area contributed by atoms with Crippen LogP contribution in [-0.2, 0) is 85.3 Å². The Morgan fingerprint density at radius 1 is 0.196 bits per heavy atom. The molecule has 0 fully saturated rings. The molecular weight excluding hydrogens is 1200 g/mol. The van der Waals surface area contributed by atoms with Crippen LogP contribution in [0.3, 0.4) is 0 Å². The van der Waals surface area contributed by atoms with E-state index in [0.717, 1.165) is 11.1 Å². The van der Waals surface area contributed by atoms with E-state index in [0.29, 0.717) is 242 Å². The number of methoxy groups -OCH3 is 6. The van der Waals surface area contributed by atoms with Gasteiger partial charge in [0.25, 0.3) is 0 Å². The van der Waals surface area contributed by atoms with Gasteiger partial charge in [-0.05, 0) is 36.4 Å². The van der Waals surface area contributed by atoms with Crippen molar-refractivity contribution in [2.24, 2.45) is 0 Å². The minimum Gasteiger partial charge on any atom is -0.491 e. The van der Waals surface area contributed by atoms with Crippen molar-refractivity contribution in [2.45, 2.75) is 0 Å². The SMILES string of the molecule is C=Cc1cc(OCCOCCOCCOC)c(/C=C/c2cc(OCCOCCOCCOC)c(/C=C/c3cc(OCCOCCOCCOC)c(C=C)cc3OCCOCCOCCOC)cc2OCCOCCOCCOC)cc1OCCOCCOCCOC. The predicted octanol–water partition coefficient (Wildman–Crippen LogP) is 7.66. The number of hydrogen-bond acceptors (Lipinski definition) is 24. The zero-order valence-corrected chi connectivity index (χ0v) is 55.6. The van der Waals surface area contributed by atoms with Gasteiger partial charge >= 0.3 is 0 Å². The van der Waals surface area contributed by atoms with Crippen LogP contribution >= 0.6 is 0 Å². The number of rotatable bonds is 66. The maximum atomic E-state index is 6.62. The molecule has 0 heterocycles. The Hall–Kier alpha value is -5.30. The Labute approximate surface area is 546 Å². The average molecular weight is 1310 g/mol. The molecule has 0 spiro atoms. The van der Waals surface area contributed by atoms with Crippen LogP contribution in [0.4, 0.5) is 0 Å². The Morgan fingerprint density at radius 3 is 0.478 bits per heavy atom. The Balaban J connectivity index is 2.15. The first kappa shape index (κ1) is 80.9. The third-order valence-corrected chi connectivity index (χ3v) is 12.5. The monoisotopic (exact) mass is 1310 g/mol. The highest BCUT2D eigenvalue weighted by Crippen LogP contribution is 2.37. The van der Waals surface area contributed by atoms with Crippen molar-refractivity contribution in [2.75, 3.05) is 281 Å². The molecule has 0 radical (unpaired) electrons. The predicted molar refractivity (Wildman–Crippen MR) is 351 cm³/mol. The second-order valence-electron chi connectivity index (χ2n) is 19.3. The smallest absolute Gasteiger partial charge is 0.127 e. The minimum atomic E-state index is 0.204. The van der Waals surface area contributed by atoms with Gasteiger partial charge in [-0.15, -0.1) is 0 Å². The van der Waals surface area contributed by atoms with E-state index in [1.165, 1.54) is 0 Å².